The summed E-state index contributed by atoms with van der Waals surface area (Å²) in [5.41, 5.74) is 1.83. The Balaban J connectivity index is 1.71. The molecule has 0 spiro atoms. The molecule has 6 heteroatoms. The summed E-state index contributed by atoms with van der Waals surface area (Å²) in [6.07, 6.45) is 0. The van der Waals surface area contributed by atoms with E-state index in [9.17, 15) is 9.90 Å². The molecule has 158 valence electrons. The maximum absolute atomic E-state index is 13.2. The molecule has 1 N–H and O–H groups in total. The van der Waals surface area contributed by atoms with E-state index in [1.54, 1.807) is 19.1 Å². The SMILES string of the molecule is Cc1oc2c(CN(C)Cc3ccccc3)c(O)ccc2c(=O)c1Oc1ccccc1Br. The topological polar surface area (TPSA) is 62.9 Å². The zero-order valence-electron chi connectivity index (χ0n) is 17.3. The molecule has 31 heavy (non-hydrogen) atoms. The number of phenolic OH excluding ortho intramolecular Hbond substituents is 1. The molecule has 1 aromatic heterocycles. The van der Waals surface area contributed by atoms with E-state index < -0.39 is 0 Å². The van der Waals surface area contributed by atoms with Crippen molar-refractivity contribution >= 4 is 26.9 Å². The fraction of sp³-hybridized carbons (Fsp3) is 0.160. The van der Waals surface area contributed by atoms with E-state index in [1.165, 1.54) is 6.07 Å². The minimum Gasteiger partial charge on any atom is -0.507 e. The number of ether oxygens (including phenoxy) is 1. The molecule has 0 saturated heterocycles. The Morgan fingerprint density at radius 3 is 2.45 bits per heavy atom. The number of para-hydroxylation sites is 1. The van der Waals surface area contributed by atoms with Crippen molar-refractivity contribution in [1.82, 2.24) is 4.90 Å². The highest BCUT2D eigenvalue weighted by molar-refractivity contribution is 9.10. The van der Waals surface area contributed by atoms with Gasteiger partial charge in [0, 0.05) is 13.1 Å². The van der Waals surface area contributed by atoms with Gasteiger partial charge in [-0.1, -0.05) is 42.5 Å². The molecule has 0 amide bonds. The van der Waals surface area contributed by atoms with Crippen molar-refractivity contribution in [2.75, 3.05) is 7.05 Å². The van der Waals surface area contributed by atoms with Crippen LogP contribution in [0.4, 0.5) is 0 Å². The van der Waals surface area contributed by atoms with Gasteiger partial charge >= 0.3 is 0 Å². The first-order valence-corrected chi connectivity index (χ1v) is 10.7. The van der Waals surface area contributed by atoms with Crippen molar-refractivity contribution < 1.29 is 14.3 Å². The quantitative estimate of drug-likeness (QED) is 0.367. The van der Waals surface area contributed by atoms with Crippen LogP contribution in [0.1, 0.15) is 16.9 Å². The van der Waals surface area contributed by atoms with Gasteiger partial charge in [0.25, 0.3) is 0 Å². The molecule has 5 nitrogen and oxygen atoms in total. The highest BCUT2D eigenvalue weighted by Gasteiger charge is 2.20. The largest absolute Gasteiger partial charge is 0.507 e. The molecule has 0 aliphatic rings. The molecule has 4 aromatic rings. The average Bonchev–Trinajstić information content (AvgIpc) is 2.75. The molecule has 0 saturated carbocycles. The summed E-state index contributed by atoms with van der Waals surface area (Å²) in [5, 5.41) is 10.9. The summed E-state index contributed by atoms with van der Waals surface area (Å²) in [6.45, 7) is 2.81. The Labute approximate surface area is 188 Å². The van der Waals surface area contributed by atoms with Crippen molar-refractivity contribution in [3.05, 3.63) is 98.3 Å². The minimum atomic E-state index is -0.276. The molecule has 0 atom stereocenters. The predicted molar refractivity (Wildman–Crippen MR) is 125 cm³/mol. The lowest BCUT2D eigenvalue weighted by molar-refractivity contribution is 0.311. The van der Waals surface area contributed by atoms with E-state index in [-0.39, 0.29) is 16.9 Å². The summed E-state index contributed by atoms with van der Waals surface area (Å²) >= 11 is 3.43. The first kappa shape index (κ1) is 21.2. The molecular weight excluding hydrogens is 458 g/mol. The van der Waals surface area contributed by atoms with Crippen molar-refractivity contribution in [3.63, 3.8) is 0 Å². The summed E-state index contributed by atoms with van der Waals surface area (Å²) in [5.74, 6) is 1.10. The summed E-state index contributed by atoms with van der Waals surface area (Å²) in [7, 11) is 1.96. The van der Waals surface area contributed by atoms with Gasteiger partial charge in [-0.3, -0.25) is 9.69 Å². The lowest BCUT2D eigenvalue weighted by Gasteiger charge is -2.19. The fourth-order valence-electron chi connectivity index (χ4n) is 3.52. The van der Waals surface area contributed by atoms with Gasteiger partial charge in [-0.05, 0) is 59.7 Å². The number of benzene rings is 3. The predicted octanol–water partition coefficient (Wildman–Crippen LogP) is 5.99. The fourth-order valence-corrected chi connectivity index (χ4v) is 3.89. The number of aryl methyl sites for hydroxylation is 1. The Kier molecular flexibility index (Phi) is 6.11. The van der Waals surface area contributed by atoms with Gasteiger partial charge in [-0.15, -0.1) is 0 Å². The molecule has 1 heterocycles. The van der Waals surface area contributed by atoms with Gasteiger partial charge in [0.2, 0.25) is 11.2 Å². The van der Waals surface area contributed by atoms with Gasteiger partial charge in [0.05, 0.1) is 15.4 Å². The molecule has 0 aliphatic carbocycles. The van der Waals surface area contributed by atoms with E-state index in [4.69, 9.17) is 9.15 Å². The summed E-state index contributed by atoms with van der Waals surface area (Å²) < 4.78 is 12.6. The van der Waals surface area contributed by atoms with Crippen molar-refractivity contribution in [1.29, 1.82) is 0 Å². The first-order valence-electron chi connectivity index (χ1n) is 9.87. The third-order valence-electron chi connectivity index (χ3n) is 5.03. The van der Waals surface area contributed by atoms with Crippen LogP contribution in [0, 0.1) is 6.92 Å². The van der Waals surface area contributed by atoms with E-state index in [2.05, 4.69) is 33.0 Å². The number of halogens is 1. The van der Waals surface area contributed by atoms with Gasteiger partial charge in [-0.25, -0.2) is 0 Å². The van der Waals surface area contributed by atoms with Crippen LogP contribution in [0.2, 0.25) is 0 Å². The molecule has 0 bridgehead atoms. The zero-order chi connectivity index (χ0) is 22.0. The Bertz CT molecular complexity index is 1280. The van der Waals surface area contributed by atoms with Gasteiger partial charge in [-0.2, -0.15) is 0 Å². The molecule has 0 unspecified atom stereocenters. The maximum atomic E-state index is 13.2. The molecule has 3 aromatic carbocycles. The number of rotatable bonds is 6. The van der Waals surface area contributed by atoms with Crippen LogP contribution in [-0.4, -0.2) is 17.1 Å². The zero-order valence-corrected chi connectivity index (χ0v) is 18.8. The van der Waals surface area contributed by atoms with Crippen LogP contribution in [0.25, 0.3) is 11.0 Å². The Morgan fingerprint density at radius 1 is 1.00 bits per heavy atom. The third kappa shape index (κ3) is 4.50. The molecule has 0 fully saturated rings. The first-order chi connectivity index (χ1) is 14.9. The Morgan fingerprint density at radius 2 is 1.71 bits per heavy atom. The lowest BCUT2D eigenvalue weighted by atomic mass is 10.1. The van der Waals surface area contributed by atoms with Crippen LogP contribution in [-0.2, 0) is 13.1 Å². The summed E-state index contributed by atoms with van der Waals surface area (Å²) in [6, 6.07) is 20.5. The standard InChI is InChI=1S/C25H22BrNO4/c1-16-24(31-22-11-7-6-10-20(22)26)23(29)18-12-13-21(28)19(25(18)30-16)15-27(2)14-17-8-4-3-5-9-17/h3-13,28H,14-15H2,1-2H3. The number of fused-ring (bicyclic) bond motifs is 1. The Hall–Kier alpha value is -3.09. The van der Waals surface area contributed by atoms with Crippen molar-refractivity contribution in [2.45, 2.75) is 20.0 Å². The molecule has 4 rings (SSSR count). The maximum Gasteiger partial charge on any atom is 0.235 e. The highest BCUT2D eigenvalue weighted by atomic mass is 79.9. The average molecular weight is 480 g/mol. The van der Waals surface area contributed by atoms with Crippen LogP contribution < -0.4 is 10.2 Å². The van der Waals surface area contributed by atoms with Gasteiger partial charge in [0.15, 0.2) is 0 Å². The van der Waals surface area contributed by atoms with Gasteiger partial charge in [0.1, 0.15) is 22.8 Å². The van der Waals surface area contributed by atoms with Crippen LogP contribution in [0.3, 0.4) is 0 Å². The number of nitrogens with zero attached hydrogens (tertiary/aromatic N) is 1. The smallest absolute Gasteiger partial charge is 0.235 e. The summed E-state index contributed by atoms with van der Waals surface area (Å²) in [4.78, 5) is 15.3. The molecule has 0 aliphatic heterocycles. The van der Waals surface area contributed by atoms with E-state index in [1.807, 2.05) is 43.4 Å². The minimum absolute atomic E-state index is 0.0921. The second-order valence-electron chi connectivity index (χ2n) is 7.45. The highest BCUT2D eigenvalue weighted by Crippen LogP contribution is 2.33. The van der Waals surface area contributed by atoms with Gasteiger partial charge < -0.3 is 14.3 Å². The van der Waals surface area contributed by atoms with E-state index >= 15 is 0 Å². The van der Waals surface area contributed by atoms with Crippen LogP contribution in [0.5, 0.6) is 17.2 Å². The monoisotopic (exact) mass is 479 g/mol. The molecular formula is C25H22BrNO4. The third-order valence-corrected chi connectivity index (χ3v) is 5.69. The normalized spacial score (nSPS) is 11.2. The number of hydrogen-bond donors (Lipinski definition) is 1. The van der Waals surface area contributed by atoms with Crippen molar-refractivity contribution in [2.24, 2.45) is 0 Å². The second kappa shape index (κ2) is 8.96. The number of hydrogen-bond acceptors (Lipinski definition) is 5. The van der Waals surface area contributed by atoms with Crippen LogP contribution in [0.15, 0.2) is 80.4 Å². The second-order valence-corrected chi connectivity index (χ2v) is 8.30. The number of aromatic hydroxyl groups is 1. The van der Waals surface area contributed by atoms with E-state index in [0.29, 0.717) is 41.1 Å². The van der Waals surface area contributed by atoms with Crippen LogP contribution >= 0.6 is 15.9 Å². The lowest BCUT2D eigenvalue weighted by Crippen LogP contribution is -2.18. The van der Waals surface area contributed by atoms with E-state index in [0.717, 1.165) is 10.0 Å². The molecule has 0 radical (unpaired) electrons. The number of phenols is 1. The van der Waals surface area contributed by atoms with Crippen molar-refractivity contribution in [3.8, 4) is 17.2 Å².